The molecule has 1 aromatic heterocycles. The summed E-state index contributed by atoms with van der Waals surface area (Å²) in [4.78, 5) is 15.0. The third kappa shape index (κ3) is 4.45. The molecule has 1 aliphatic rings. The van der Waals surface area contributed by atoms with Crippen LogP contribution in [0.15, 0.2) is 24.3 Å². The minimum Gasteiger partial charge on any atom is -0.333 e. The summed E-state index contributed by atoms with van der Waals surface area (Å²) in [6.45, 7) is 11.3. The van der Waals surface area contributed by atoms with Crippen LogP contribution in [0.3, 0.4) is 0 Å². The number of rotatable bonds is 8. The highest BCUT2D eigenvalue weighted by Gasteiger charge is 2.36. The number of carbonyl (C=O) groups is 1. The fraction of sp³-hybridized carbons (Fsp3) is 0.565. The SMILES string of the molecule is Cc1nn(CC(C)C)c(C)c1CCC(=O)N(C1CC1)C(C)c1ccccc1F. The molecular formula is C23H32FN3O. The molecule has 1 aliphatic carbocycles. The highest BCUT2D eigenvalue weighted by molar-refractivity contribution is 5.77. The molecule has 0 radical (unpaired) electrons. The van der Waals surface area contributed by atoms with E-state index in [4.69, 9.17) is 0 Å². The smallest absolute Gasteiger partial charge is 0.223 e. The van der Waals surface area contributed by atoms with Crippen molar-refractivity contribution in [2.45, 2.75) is 78.9 Å². The van der Waals surface area contributed by atoms with Crippen LogP contribution in [0.25, 0.3) is 0 Å². The van der Waals surface area contributed by atoms with E-state index in [0.717, 1.165) is 30.8 Å². The maximum atomic E-state index is 14.3. The summed E-state index contributed by atoms with van der Waals surface area (Å²) >= 11 is 0. The van der Waals surface area contributed by atoms with Gasteiger partial charge in [0.1, 0.15) is 5.82 Å². The summed E-state index contributed by atoms with van der Waals surface area (Å²) < 4.78 is 16.3. The van der Waals surface area contributed by atoms with Gasteiger partial charge in [0, 0.05) is 30.3 Å². The number of aromatic nitrogens is 2. The summed E-state index contributed by atoms with van der Waals surface area (Å²) in [5.41, 5.74) is 3.92. The largest absolute Gasteiger partial charge is 0.333 e. The Labute approximate surface area is 167 Å². The number of hydrogen-bond acceptors (Lipinski definition) is 2. The molecular weight excluding hydrogens is 353 g/mol. The second-order valence-corrected chi connectivity index (χ2v) is 8.45. The Bertz CT molecular complexity index is 838. The van der Waals surface area contributed by atoms with Crippen LogP contribution in [0, 0.1) is 25.6 Å². The van der Waals surface area contributed by atoms with Gasteiger partial charge in [0.05, 0.1) is 11.7 Å². The number of halogens is 1. The van der Waals surface area contributed by atoms with E-state index in [1.807, 2.05) is 24.8 Å². The van der Waals surface area contributed by atoms with Gasteiger partial charge in [-0.1, -0.05) is 32.0 Å². The van der Waals surface area contributed by atoms with E-state index in [2.05, 4.69) is 30.6 Å². The van der Waals surface area contributed by atoms with Crippen LogP contribution >= 0.6 is 0 Å². The Balaban J connectivity index is 1.72. The van der Waals surface area contributed by atoms with Crippen LogP contribution in [0.5, 0.6) is 0 Å². The highest BCUT2D eigenvalue weighted by atomic mass is 19.1. The maximum absolute atomic E-state index is 14.3. The van der Waals surface area contributed by atoms with Gasteiger partial charge in [0.2, 0.25) is 5.91 Å². The maximum Gasteiger partial charge on any atom is 0.223 e. The first-order chi connectivity index (χ1) is 13.3. The molecule has 1 atom stereocenters. The number of amides is 1. The second kappa shape index (κ2) is 8.46. The predicted octanol–water partition coefficient (Wildman–Crippen LogP) is 4.98. The monoisotopic (exact) mass is 385 g/mol. The molecule has 1 heterocycles. The van der Waals surface area contributed by atoms with Gasteiger partial charge in [-0.2, -0.15) is 5.10 Å². The molecule has 5 heteroatoms. The molecule has 0 bridgehead atoms. The third-order valence-electron chi connectivity index (χ3n) is 5.66. The van der Waals surface area contributed by atoms with Crippen molar-refractivity contribution in [3.63, 3.8) is 0 Å². The summed E-state index contributed by atoms with van der Waals surface area (Å²) in [6.07, 6.45) is 3.13. The second-order valence-electron chi connectivity index (χ2n) is 8.45. The highest BCUT2D eigenvalue weighted by Crippen LogP contribution is 2.36. The van der Waals surface area contributed by atoms with Crippen molar-refractivity contribution in [1.82, 2.24) is 14.7 Å². The lowest BCUT2D eigenvalue weighted by Gasteiger charge is -2.30. The van der Waals surface area contributed by atoms with Crippen molar-refractivity contribution in [1.29, 1.82) is 0 Å². The number of carbonyl (C=O) groups excluding carboxylic acids is 1. The van der Waals surface area contributed by atoms with Gasteiger partial charge in [-0.05, 0) is 57.6 Å². The molecule has 0 N–H and O–H groups in total. The Morgan fingerprint density at radius 1 is 1.25 bits per heavy atom. The first-order valence-electron chi connectivity index (χ1n) is 10.4. The molecule has 0 spiro atoms. The Kier molecular flexibility index (Phi) is 6.21. The van der Waals surface area contributed by atoms with Crippen molar-refractivity contribution in [3.05, 3.63) is 52.6 Å². The lowest BCUT2D eigenvalue weighted by molar-refractivity contribution is -0.134. The van der Waals surface area contributed by atoms with Crippen molar-refractivity contribution >= 4 is 5.91 Å². The van der Waals surface area contributed by atoms with E-state index < -0.39 is 0 Å². The van der Waals surface area contributed by atoms with E-state index in [0.29, 0.717) is 24.3 Å². The van der Waals surface area contributed by atoms with E-state index in [1.165, 1.54) is 11.6 Å². The van der Waals surface area contributed by atoms with Crippen LogP contribution in [0.1, 0.15) is 68.6 Å². The molecule has 0 aliphatic heterocycles. The standard InChI is InChI=1S/C23H32FN3O/c1-15(2)14-26-17(4)20(16(3)25-26)12-13-23(28)27(19-10-11-19)18(5)21-8-6-7-9-22(21)24/h6-9,15,18-19H,10-14H2,1-5H3. The summed E-state index contributed by atoms with van der Waals surface area (Å²) in [7, 11) is 0. The van der Waals surface area contributed by atoms with Crippen LogP contribution in [-0.2, 0) is 17.8 Å². The lowest BCUT2D eigenvalue weighted by atomic mass is 10.0. The number of aryl methyl sites for hydroxylation is 1. The molecule has 1 fully saturated rings. The molecule has 2 aromatic rings. The van der Waals surface area contributed by atoms with Crippen LogP contribution in [0.2, 0.25) is 0 Å². The van der Waals surface area contributed by atoms with Gasteiger partial charge in [-0.3, -0.25) is 9.48 Å². The first-order valence-corrected chi connectivity index (χ1v) is 10.4. The quantitative estimate of drug-likeness (QED) is 0.643. The Morgan fingerprint density at radius 2 is 1.93 bits per heavy atom. The molecule has 0 saturated heterocycles. The van der Waals surface area contributed by atoms with Gasteiger partial charge in [-0.25, -0.2) is 4.39 Å². The average Bonchev–Trinajstić information content (AvgIpc) is 3.42. The molecule has 28 heavy (non-hydrogen) atoms. The molecule has 3 rings (SSSR count). The molecule has 1 unspecified atom stereocenters. The fourth-order valence-electron chi connectivity index (χ4n) is 4.03. The summed E-state index contributed by atoms with van der Waals surface area (Å²) in [5.74, 6) is 0.392. The predicted molar refractivity (Wildman–Crippen MR) is 110 cm³/mol. The van der Waals surface area contributed by atoms with Gasteiger partial charge < -0.3 is 4.90 Å². The minimum atomic E-state index is -0.243. The van der Waals surface area contributed by atoms with Gasteiger partial charge in [0.25, 0.3) is 0 Å². The van der Waals surface area contributed by atoms with Crippen LogP contribution < -0.4 is 0 Å². The van der Waals surface area contributed by atoms with Crippen molar-refractivity contribution in [3.8, 4) is 0 Å². The zero-order chi connectivity index (χ0) is 20.4. The molecule has 4 nitrogen and oxygen atoms in total. The van der Waals surface area contributed by atoms with Crippen molar-refractivity contribution < 1.29 is 9.18 Å². The normalized spacial score (nSPS) is 15.1. The van der Waals surface area contributed by atoms with Crippen LogP contribution in [-0.4, -0.2) is 26.6 Å². The molecule has 152 valence electrons. The topological polar surface area (TPSA) is 38.1 Å². The van der Waals surface area contributed by atoms with Crippen LogP contribution in [0.4, 0.5) is 4.39 Å². The molecule has 1 aromatic carbocycles. The van der Waals surface area contributed by atoms with Crippen molar-refractivity contribution in [2.75, 3.05) is 0 Å². The molecule has 1 amide bonds. The van der Waals surface area contributed by atoms with E-state index in [1.54, 1.807) is 12.1 Å². The molecule has 1 saturated carbocycles. The zero-order valence-corrected chi connectivity index (χ0v) is 17.7. The number of nitrogens with zero attached hydrogens (tertiary/aromatic N) is 3. The Hall–Kier alpha value is -2.17. The number of benzene rings is 1. The van der Waals surface area contributed by atoms with Gasteiger partial charge in [0.15, 0.2) is 0 Å². The minimum absolute atomic E-state index is 0.105. The third-order valence-corrected chi connectivity index (χ3v) is 5.66. The first kappa shape index (κ1) is 20.6. The van der Waals surface area contributed by atoms with E-state index >= 15 is 0 Å². The van der Waals surface area contributed by atoms with Crippen molar-refractivity contribution in [2.24, 2.45) is 5.92 Å². The van der Waals surface area contributed by atoms with E-state index in [9.17, 15) is 9.18 Å². The average molecular weight is 386 g/mol. The Morgan fingerprint density at radius 3 is 2.54 bits per heavy atom. The van der Waals surface area contributed by atoms with Gasteiger partial charge >= 0.3 is 0 Å². The number of hydrogen-bond donors (Lipinski definition) is 0. The van der Waals surface area contributed by atoms with E-state index in [-0.39, 0.29) is 23.8 Å². The van der Waals surface area contributed by atoms with Gasteiger partial charge in [-0.15, -0.1) is 0 Å². The lowest BCUT2D eigenvalue weighted by Crippen LogP contribution is -2.36. The zero-order valence-electron chi connectivity index (χ0n) is 17.7. The fourth-order valence-corrected chi connectivity index (χ4v) is 4.03. The summed E-state index contributed by atoms with van der Waals surface area (Å²) in [5, 5.41) is 4.66. The summed E-state index contributed by atoms with van der Waals surface area (Å²) in [6, 6.07) is 6.78.